The van der Waals surface area contributed by atoms with Gasteiger partial charge in [0.15, 0.2) is 0 Å². The lowest BCUT2D eigenvalue weighted by Crippen LogP contribution is -2.59. The zero-order valence-corrected chi connectivity index (χ0v) is 17.0. The van der Waals surface area contributed by atoms with E-state index in [9.17, 15) is 4.79 Å². The fourth-order valence-corrected chi connectivity index (χ4v) is 7.11. The normalized spacial score (nSPS) is 45.3. The third kappa shape index (κ3) is 2.81. The van der Waals surface area contributed by atoms with Crippen LogP contribution in [0.15, 0.2) is 12.5 Å². The van der Waals surface area contributed by atoms with Crippen LogP contribution in [0.2, 0.25) is 0 Å². The van der Waals surface area contributed by atoms with Crippen LogP contribution in [0.4, 0.5) is 0 Å². The molecule has 1 aromatic heterocycles. The first kappa shape index (κ1) is 18.3. The van der Waals surface area contributed by atoms with E-state index in [-0.39, 0.29) is 5.97 Å². The average molecular weight is 402 g/mol. The average Bonchev–Trinajstić information content (AvgIpc) is 3.33. The first-order valence-corrected chi connectivity index (χ1v) is 11.2. The van der Waals surface area contributed by atoms with Gasteiger partial charge in [0.1, 0.15) is 5.69 Å². The minimum atomic E-state index is -0.577. The molecule has 2 heterocycles. The third-order valence-electron chi connectivity index (χ3n) is 8.37. The summed E-state index contributed by atoms with van der Waals surface area (Å²) in [6.07, 6.45) is 13.3. The summed E-state index contributed by atoms with van der Waals surface area (Å²) in [6, 6.07) is 0. The van der Waals surface area contributed by atoms with E-state index in [1.807, 2.05) is 4.57 Å². The highest BCUT2D eigenvalue weighted by Gasteiger charge is 2.66. The molecule has 7 nitrogen and oxygen atoms in total. The van der Waals surface area contributed by atoms with Crippen molar-refractivity contribution in [1.82, 2.24) is 9.55 Å². The summed E-state index contributed by atoms with van der Waals surface area (Å²) in [4.78, 5) is 28.1. The van der Waals surface area contributed by atoms with Gasteiger partial charge in [-0.1, -0.05) is 0 Å². The van der Waals surface area contributed by atoms with Crippen molar-refractivity contribution in [2.45, 2.75) is 75.9 Å². The SMILES string of the molecule is COC(=O)c1cncn1CC1CCC2(CC1)OOC1(O2)C2CC3CC(C2)CC1C3. The molecule has 7 heteroatoms. The second-order valence-electron chi connectivity index (χ2n) is 10.1. The number of hydrogen-bond donors (Lipinski definition) is 0. The van der Waals surface area contributed by atoms with Crippen molar-refractivity contribution in [1.29, 1.82) is 0 Å². The Kier molecular flexibility index (Phi) is 4.13. The van der Waals surface area contributed by atoms with Crippen molar-refractivity contribution in [3.8, 4) is 0 Å². The molecule has 1 saturated heterocycles. The Morgan fingerprint density at radius 3 is 2.48 bits per heavy atom. The maximum Gasteiger partial charge on any atom is 0.356 e. The number of methoxy groups -OCH3 is 1. The van der Waals surface area contributed by atoms with E-state index in [0.717, 1.165) is 44.1 Å². The van der Waals surface area contributed by atoms with Crippen LogP contribution < -0.4 is 0 Å². The Balaban J connectivity index is 1.12. The van der Waals surface area contributed by atoms with Crippen molar-refractivity contribution < 1.29 is 24.0 Å². The first-order chi connectivity index (χ1) is 14.1. The van der Waals surface area contributed by atoms with Crippen molar-refractivity contribution >= 4 is 5.97 Å². The van der Waals surface area contributed by atoms with Crippen LogP contribution in [0.1, 0.15) is 68.3 Å². The van der Waals surface area contributed by atoms with Gasteiger partial charge in [0.05, 0.1) is 19.6 Å². The molecular formula is C22H30N2O5. The molecule has 0 N–H and O–H groups in total. The van der Waals surface area contributed by atoms with E-state index in [1.54, 1.807) is 12.5 Å². The lowest BCUT2D eigenvalue weighted by Gasteiger charge is -2.57. The summed E-state index contributed by atoms with van der Waals surface area (Å²) in [5, 5.41) is 0. The minimum absolute atomic E-state index is 0.338. The molecule has 0 atom stereocenters. The van der Waals surface area contributed by atoms with Gasteiger partial charge in [-0.15, -0.1) is 0 Å². The number of rotatable bonds is 3. The number of carbonyl (C=O) groups excluding carboxylic acids is 1. The van der Waals surface area contributed by atoms with Crippen LogP contribution in [0, 0.1) is 29.6 Å². The number of imidazole rings is 1. The molecule has 7 rings (SSSR count). The number of hydrogen-bond acceptors (Lipinski definition) is 6. The Morgan fingerprint density at radius 2 is 1.83 bits per heavy atom. The standard InChI is InChI=1S/C22H30N2O5/c1-26-20(25)19-11-23-13-24(19)12-14-2-4-21(5-3-14)27-22(29-28-21)17-7-15-6-16(9-17)10-18(22)8-15/h11,13-18H,2-10,12H2,1H3. The summed E-state index contributed by atoms with van der Waals surface area (Å²) in [5.41, 5.74) is 0.511. The Morgan fingerprint density at radius 1 is 1.14 bits per heavy atom. The molecule has 2 spiro atoms. The van der Waals surface area contributed by atoms with Gasteiger partial charge >= 0.3 is 5.97 Å². The topological polar surface area (TPSA) is 71.8 Å². The third-order valence-corrected chi connectivity index (χ3v) is 8.37. The summed E-state index contributed by atoms with van der Waals surface area (Å²) in [7, 11) is 1.40. The van der Waals surface area contributed by atoms with Gasteiger partial charge in [-0.3, -0.25) is 0 Å². The van der Waals surface area contributed by atoms with Crippen molar-refractivity contribution in [2.75, 3.05) is 7.11 Å². The molecule has 5 aliphatic carbocycles. The van der Waals surface area contributed by atoms with E-state index in [0.29, 0.717) is 23.4 Å². The van der Waals surface area contributed by atoms with Gasteiger partial charge < -0.3 is 14.0 Å². The van der Waals surface area contributed by atoms with Gasteiger partial charge in [0, 0.05) is 31.2 Å². The monoisotopic (exact) mass is 402 g/mol. The fourth-order valence-electron chi connectivity index (χ4n) is 7.11. The van der Waals surface area contributed by atoms with Crippen molar-refractivity contribution in [3.63, 3.8) is 0 Å². The van der Waals surface area contributed by atoms with E-state index in [4.69, 9.17) is 19.2 Å². The Hall–Kier alpha value is -1.44. The van der Waals surface area contributed by atoms with Crippen LogP contribution in [0.5, 0.6) is 0 Å². The quantitative estimate of drug-likeness (QED) is 0.567. The predicted octanol–water partition coefficient (Wildman–Crippen LogP) is 3.69. The second-order valence-corrected chi connectivity index (χ2v) is 10.1. The van der Waals surface area contributed by atoms with Gasteiger partial charge in [0.2, 0.25) is 11.6 Å². The molecular weight excluding hydrogens is 372 g/mol. The number of esters is 1. The van der Waals surface area contributed by atoms with E-state index in [2.05, 4.69) is 4.98 Å². The van der Waals surface area contributed by atoms with Gasteiger partial charge in [-0.25, -0.2) is 9.78 Å². The molecule has 0 unspecified atom stereocenters. The molecule has 158 valence electrons. The molecule has 4 bridgehead atoms. The zero-order valence-electron chi connectivity index (χ0n) is 17.0. The van der Waals surface area contributed by atoms with Crippen LogP contribution in [-0.4, -0.2) is 34.2 Å². The summed E-state index contributed by atoms with van der Waals surface area (Å²) in [6.45, 7) is 0.765. The van der Waals surface area contributed by atoms with E-state index < -0.39 is 11.6 Å². The van der Waals surface area contributed by atoms with Gasteiger partial charge in [-0.2, -0.15) is 9.78 Å². The molecule has 0 radical (unpaired) electrons. The van der Waals surface area contributed by atoms with Crippen LogP contribution in [0.25, 0.3) is 0 Å². The molecule has 0 aromatic carbocycles. The molecule has 5 saturated carbocycles. The molecule has 29 heavy (non-hydrogen) atoms. The fraction of sp³-hybridized carbons (Fsp3) is 0.818. The van der Waals surface area contributed by atoms with Crippen LogP contribution in [-0.2, 0) is 25.8 Å². The zero-order chi connectivity index (χ0) is 19.6. The Bertz CT molecular complexity index is 769. The predicted molar refractivity (Wildman–Crippen MR) is 101 cm³/mol. The maximum absolute atomic E-state index is 11.9. The lowest BCUT2D eigenvalue weighted by molar-refractivity contribution is -0.390. The number of carbonyl (C=O) groups is 1. The molecule has 6 fully saturated rings. The molecule has 1 aliphatic heterocycles. The molecule has 0 amide bonds. The van der Waals surface area contributed by atoms with E-state index in [1.165, 1.54) is 39.2 Å². The smallest absolute Gasteiger partial charge is 0.356 e. The summed E-state index contributed by atoms with van der Waals surface area (Å²) < 4.78 is 13.5. The van der Waals surface area contributed by atoms with E-state index >= 15 is 0 Å². The maximum atomic E-state index is 11.9. The molecule has 1 aromatic rings. The highest BCUT2D eigenvalue weighted by Crippen LogP contribution is 2.63. The number of nitrogens with zero attached hydrogens (tertiary/aromatic N) is 2. The highest BCUT2D eigenvalue weighted by molar-refractivity contribution is 5.87. The lowest BCUT2D eigenvalue weighted by atomic mass is 9.53. The van der Waals surface area contributed by atoms with Crippen LogP contribution in [0.3, 0.4) is 0 Å². The summed E-state index contributed by atoms with van der Waals surface area (Å²) >= 11 is 0. The van der Waals surface area contributed by atoms with Crippen molar-refractivity contribution in [2.24, 2.45) is 29.6 Å². The van der Waals surface area contributed by atoms with Crippen molar-refractivity contribution in [3.05, 3.63) is 18.2 Å². The van der Waals surface area contributed by atoms with Crippen LogP contribution >= 0.6 is 0 Å². The highest BCUT2D eigenvalue weighted by atomic mass is 17.3. The number of ether oxygens (including phenoxy) is 2. The van der Waals surface area contributed by atoms with Gasteiger partial charge in [-0.05, 0) is 62.7 Å². The van der Waals surface area contributed by atoms with Gasteiger partial charge in [0.25, 0.3) is 0 Å². The minimum Gasteiger partial charge on any atom is -0.464 e. The summed E-state index contributed by atoms with van der Waals surface area (Å²) in [5.74, 6) is 1.82. The largest absolute Gasteiger partial charge is 0.464 e. The number of aromatic nitrogens is 2. The first-order valence-electron chi connectivity index (χ1n) is 11.2. The Labute approximate surface area is 171 Å². The second kappa shape index (κ2) is 6.53. The molecule has 6 aliphatic rings.